The molecule has 1 atom stereocenters. The Bertz CT molecular complexity index is 993. The van der Waals surface area contributed by atoms with Gasteiger partial charge in [-0.05, 0) is 30.5 Å². The number of imidazole rings is 1. The van der Waals surface area contributed by atoms with Gasteiger partial charge in [0.15, 0.2) is 17.1 Å². The molecule has 0 fully saturated rings. The lowest BCUT2D eigenvalue weighted by Gasteiger charge is -2.22. The first-order chi connectivity index (χ1) is 13.3. The lowest BCUT2D eigenvalue weighted by molar-refractivity contribution is 0.0781. The number of carbonyl (C=O) groups excluding carboxylic acids is 2. The Balaban J connectivity index is 2.01. The first kappa shape index (κ1) is 19.6. The smallest absolute Gasteiger partial charge is 0.271 e. The van der Waals surface area contributed by atoms with Crippen molar-refractivity contribution in [3.63, 3.8) is 0 Å². The van der Waals surface area contributed by atoms with Crippen LogP contribution in [-0.4, -0.2) is 50.7 Å². The standard InChI is InChI=1S/C19H24N6O3/c1-11(2)12(20)6-7-24(3)19(27)14-9-13(15-5-4-8-28-15)23-18-16(17(21)26)22-10-25(14)18/h4-5,8-12H,6-7,20H2,1-3H3,(H2,21,26). The first-order valence-corrected chi connectivity index (χ1v) is 9.02. The second-order valence-electron chi connectivity index (χ2n) is 7.08. The van der Waals surface area contributed by atoms with Crippen LogP contribution in [0, 0.1) is 5.92 Å². The van der Waals surface area contributed by atoms with Gasteiger partial charge in [0.25, 0.3) is 11.8 Å². The average molecular weight is 384 g/mol. The van der Waals surface area contributed by atoms with E-state index in [0.29, 0.717) is 36.0 Å². The predicted molar refractivity (Wildman–Crippen MR) is 104 cm³/mol. The largest absolute Gasteiger partial charge is 0.463 e. The summed E-state index contributed by atoms with van der Waals surface area (Å²) in [5, 5.41) is 0. The lowest BCUT2D eigenvalue weighted by Crippen LogP contribution is -2.35. The van der Waals surface area contributed by atoms with Gasteiger partial charge < -0.3 is 20.8 Å². The van der Waals surface area contributed by atoms with Gasteiger partial charge in [-0.15, -0.1) is 0 Å². The summed E-state index contributed by atoms with van der Waals surface area (Å²) in [6.45, 7) is 4.59. The van der Waals surface area contributed by atoms with Crippen molar-refractivity contribution >= 4 is 17.5 Å². The molecule has 9 nitrogen and oxygen atoms in total. The van der Waals surface area contributed by atoms with Crippen molar-refractivity contribution in [3.05, 3.63) is 42.2 Å². The number of fused-ring (bicyclic) bond motifs is 1. The fourth-order valence-corrected chi connectivity index (χ4v) is 2.83. The van der Waals surface area contributed by atoms with Crippen molar-refractivity contribution in [2.45, 2.75) is 26.3 Å². The molecule has 3 aromatic rings. The van der Waals surface area contributed by atoms with Crippen molar-refractivity contribution in [1.82, 2.24) is 19.3 Å². The summed E-state index contributed by atoms with van der Waals surface area (Å²) < 4.78 is 6.86. The molecule has 0 saturated carbocycles. The number of nitrogens with two attached hydrogens (primary N) is 2. The van der Waals surface area contributed by atoms with Gasteiger partial charge in [0, 0.05) is 19.6 Å². The van der Waals surface area contributed by atoms with E-state index in [1.54, 1.807) is 30.1 Å². The van der Waals surface area contributed by atoms with Crippen LogP contribution in [-0.2, 0) is 0 Å². The van der Waals surface area contributed by atoms with Crippen molar-refractivity contribution in [2.24, 2.45) is 17.4 Å². The molecule has 1 unspecified atom stereocenters. The fraction of sp³-hybridized carbons (Fsp3) is 0.368. The molecule has 3 heterocycles. The molecule has 0 spiro atoms. The summed E-state index contributed by atoms with van der Waals surface area (Å²) >= 11 is 0. The summed E-state index contributed by atoms with van der Waals surface area (Å²) in [4.78, 5) is 34.8. The minimum atomic E-state index is -0.721. The highest BCUT2D eigenvalue weighted by atomic mass is 16.3. The molecule has 0 aliphatic carbocycles. The molecule has 0 aromatic carbocycles. The number of amides is 2. The number of hydrogen-bond acceptors (Lipinski definition) is 6. The van der Waals surface area contributed by atoms with Gasteiger partial charge >= 0.3 is 0 Å². The second kappa shape index (κ2) is 7.81. The Kier molecular flexibility index (Phi) is 5.46. The van der Waals surface area contributed by atoms with Crippen molar-refractivity contribution < 1.29 is 14.0 Å². The number of nitrogens with zero attached hydrogens (tertiary/aromatic N) is 4. The van der Waals surface area contributed by atoms with Gasteiger partial charge in [0.2, 0.25) is 0 Å². The average Bonchev–Trinajstić information content (AvgIpc) is 3.33. The van der Waals surface area contributed by atoms with Gasteiger partial charge in [-0.1, -0.05) is 13.8 Å². The highest BCUT2D eigenvalue weighted by Crippen LogP contribution is 2.22. The van der Waals surface area contributed by atoms with Gasteiger partial charge in [0.05, 0.1) is 6.26 Å². The first-order valence-electron chi connectivity index (χ1n) is 9.02. The molecule has 0 radical (unpaired) electrons. The van der Waals surface area contributed by atoms with Gasteiger partial charge in [-0.25, -0.2) is 9.97 Å². The molecule has 0 aliphatic rings. The van der Waals surface area contributed by atoms with E-state index in [1.165, 1.54) is 17.0 Å². The minimum Gasteiger partial charge on any atom is -0.463 e. The molecule has 148 valence electrons. The molecule has 3 rings (SSSR count). The minimum absolute atomic E-state index is 0.00102. The van der Waals surface area contributed by atoms with Crippen LogP contribution in [0.2, 0.25) is 0 Å². The van der Waals surface area contributed by atoms with E-state index < -0.39 is 5.91 Å². The number of primary amides is 1. The lowest BCUT2D eigenvalue weighted by atomic mass is 10.0. The summed E-state index contributed by atoms with van der Waals surface area (Å²) in [5.41, 5.74) is 12.4. The van der Waals surface area contributed by atoms with E-state index in [9.17, 15) is 9.59 Å². The predicted octanol–water partition coefficient (Wildman–Crippen LogP) is 1.53. The molecular weight excluding hydrogens is 360 g/mol. The van der Waals surface area contributed by atoms with E-state index in [-0.39, 0.29) is 23.3 Å². The molecular formula is C19H24N6O3. The van der Waals surface area contributed by atoms with Crippen molar-refractivity contribution in [1.29, 1.82) is 0 Å². The molecule has 0 aliphatic heterocycles. The zero-order valence-corrected chi connectivity index (χ0v) is 16.1. The molecule has 28 heavy (non-hydrogen) atoms. The number of aromatic nitrogens is 3. The Hall–Kier alpha value is -3.20. The summed E-state index contributed by atoms with van der Waals surface area (Å²) in [5.74, 6) is -0.169. The normalized spacial score (nSPS) is 12.5. The van der Waals surface area contributed by atoms with Gasteiger partial charge in [0.1, 0.15) is 17.7 Å². The Labute approximate surface area is 162 Å². The van der Waals surface area contributed by atoms with Crippen LogP contribution in [0.15, 0.2) is 35.2 Å². The van der Waals surface area contributed by atoms with Crippen molar-refractivity contribution in [3.8, 4) is 11.5 Å². The van der Waals surface area contributed by atoms with Crippen LogP contribution in [0.5, 0.6) is 0 Å². The molecule has 0 bridgehead atoms. The van der Waals surface area contributed by atoms with Crippen LogP contribution >= 0.6 is 0 Å². The number of carbonyl (C=O) groups is 2. The molecule has 4 N–H and O–H groups in total. The van der Waals surface area contributed by atoms with Crippen LogP contribution in [0.25, 0.3) is 17.1 Å². The second-order valence-corrected chi connectivity index (χ2v) is 7.08. The summed E-state index contributed by atoms with van der Waals surface area (Å²) in [6, 6.07) is 5.05. The number of hydrogen-bond donors (Lipinski definition) is 2. The van der Waals surface area contributed by atoms with Crippen LogP contribution in [0.3, 0.4) is 0 Å². The SMILES string of the molecule is CC(C)C(N)CCN(C)C(=O)c1cc(-c2ccco2)nc2c(C(N)=O)ncn12. The van der Waals surface area contributed by atoms with E-state index >= 15 is 0 Å². The highest BCUT2D eigenvalue weighted by molar-refractivity contribution is 5.99. The van der Waals surface area contributed by atoms with Gasteiger partial charge in [-0.2, -0.15) is 0 Å². The summed E-state index contributed by atoms with van der Waals surface area (Å²) in [6.07, 6.45) is 3.55. The topological polar surface area (TPSA) is 133 Å². The van der Waals surface area contributed by atoms with E-state index in [0.717, 1.165) is 0 Å². The zero-order valence-electron chi connectivity index (χ0n) is 16.1. The maximum atomic E-state index is 13.1. The Morgan fingerprint density at radius 2 is 2.11 bits per heavy atom. The van der Waals surface area contributed by atoms with Crippen LogP contribution in [0.4, 0.5) is 0 Å². The quantitative estimate of drug-likeness (QED) is 0.635. The Morgan fingerprint density at radius 3 is 2.71 bits per heavy atom. The Morgan fingerprint density at radius 1 is 1.36 bits per heavy atom. The number of furan rings is 1. The van der Waals surface area contributed by atoms with E-state index in [1.807, 2.05) is 13.8 Å². The third kappa shape index (κ3) is 3.74. The molecule has 3 aromatic heterocycles. The third-order valence-corrected chi connectivity index (χ3v) is 4.73. The fourth-order valence-electron chi connectivity index (χ4n) is 2.83. The van der Waals surface area contributed by atoms with Crippen molar-refractivity contribution in [2.75, 3.05) is 13.6 Å². The summed E-state index contributed by atoms with van der Waals surface area (Å²) in [7, 11) is 1.71. The molecule has 0 saturated heterocycles. The van der Waals surface area contributed by atoms with E-state index in [4.69, 9.17) is 15.9 Å². The monoisotopic (exact) mass is 384 g/mol. The molecule has 2 amide bonds. The van der Waals surface area contributed by atoms with E-state index in [2.05, 4.69) is 9.97 Å². The number of rotatable bonds is 7. The van der Waals surface area contributed by atoms with Crippen LogP contribution in [0.1, 0.15) is 41.2 Å². The third-order valence-electron chi connectivity index (χ3n) is 4.73. The maximum absolute atomic E-state index is 13.1. The van der Waals surface area contributed by atoms with Crippen LogP contribution < -0.4 is 11.5 Å². The maximum Gasteiger partial charge on any atom is 0.271 e. The zero-order chi connectivity index (χ0) is 20.4. The molecule has 9 heteroatoms. The highest BCUT2D eigenvalue weighted by Gasteiger charge is 2.22. The van der Waals surface area contributed by atoms with Gasteiger partial charge in [-0.3, -0.25) is 14.0 Å².